The van der Waals surface area contributed by atoms with Crippen LogP contribution in [0.4, 0.5) is 0 Å². The summed E-state index contributed by atoms with van der Waals surface area (Å²) in [6, 6.07) is 16.6. The zero-order chi connectivity index (χ0) is 14.9. The predicted octanol–water partition coefficient (Wildman–Crippen LogP) is 4.65. The second-order valence-corrected chi connectivity index (χ2v) is 6.27. The van der Waals surface area contributed by atoms with Gasteiger partial charge in [-0.2, -0.15) is 0 Å². The van der Waals surface area contributed by atoms with Crippen LogP contribution < -0.4 is 0 Å². The highest BCUT2D eigenvalue weighted by Gasteiger charge is 2.30. The standard InChI is InChI=1S/C18H17ClN2O/c19-14-7-5-13(6-8-14)11-21(15-9-10-15)12-18-20-16-3-1-2-4-17(16)22-18/h1-8,15H,9-12H2. The molecule has 22 heavy (non-hydrogen) atoms. The van der Waals surface area contributed by atoms with Gasteiger partial charge < -0.3 is 4.42 Å². The van der Waals surface area contributed by atoms with Gasteiger partial charge in [0.15, 0.2) is 5.58 Å². The second-order valence-electron chi connectivity index (χ2n) is 5.84. The summed E-state index contributed by atoms with van der Waals surface area (Å²) in [4.78, 5) is 7.03. The van der Waals surface area contributed by atoms with Gasteiger partial charge in [-0.15, -0.1) is 0 Å². The van der Waals surface area contributed by atoms with Gasteiger partial charge in [-0.3, -0.25) is 4.90 Å². The van der Waals surface area contributed by atoms with Gasteiger partial charge in [-0.25, -0.2) is 4.98 Å². The molecule has 1 aliphatic carbocycles. The van der Waals surface area contributed by atoms with Crippen LogP contribution in [-0.4, -0.2) is 15.9 Å². The van der Waals surface area contributed by atoms with Crippen LogP contribution in [0.5, 0.6) is 0 Å². The Morgan fingerprint density at radius 1 is 1.05 bits per heavy atom. The highest BCUT2D eigenvalue weighted by Crippen LogP contribution is 2.30. The minimum atomic E-state index is 0.644. The Labute approximate surface area is 134 Å². The van der Waals surface area contributed by atoms with E-state index in [2.05, 4.69) is 22.0 Å². The van der Waals surface area contributed by atoms with Crippen molar-refractivity contribution in [1.82, 2.24) is 9.88 Å². The summed E-state index contributed by atoms with van der Waals surface area (Å²) in [5.41, 5.74) is 3.06. The minimum Gasteiger partial charge on any atom is -0.439 e. The molecule has 1 heterocycles. The van der Waals surface area contributed by atoms with E-state index in [-0.39, 0.29) is 0 Å². The maximum atomic E-state index is 5.96. The molecule has 0 radical (unpaired) electrons. The van der Waals surface area contributed by atoms with Crippen molar-refractivity contribution in [3.05, 3.63) is 65.0 Å². The van der Waals surface area contributed by atoms with Crippen LogP contribution in [-0.2, 0) is 13.1 Å². The Hall–Kier alpha value is -1.84. The Morgan fingerprint density at radius 3 is 2.55 bits per heavy atom. The Bertz CT molecular complexity index is 744. The number of para-hydroxylation sites is 2. The molecule has 1 aromatic heterocycles. The summed E-state index contributed by atoms with van der Waals surface area (Å²) >= 11 is 5.96. The maximum Gasteiger partial charge on any atom is 0.209 e. The van der Waals surface area contributed by atoms with E-state index in [4.69, 9.17) is 16.0 Å². The van der Waals surface area contributed by atoms with Crippen LogP contribution in [0.3, 0.4) is 0 Å². The number of hydrogen-bond acceptors (Lipinski definition) is 3. The van der Waals surface area contributed by atoms with Gasteiger partial charge in [-0.05, 0) is 42.7 Å². The van der Waals surface area contributed by atoms with Crippen molar-refractivity contribution in [1.29, 1.82) is 0 Å². The van der Waals surface area contributed by atoms with E-state index in [0.29, 0.717) is 6.04 Å². The molecule has 0 saturated heterocycles. The lowest BCUT2D eigenvalue weighted by Gasteiger charge is -2.20. The van der Waals surface area contributed by atoms with Gasteiger partial charge in [-0.1, -0.05) is 35.9 Å². The molecule has 0 unspecified atom stereocenters. The highest BCUT2D eigenvalue weighted by atomic mass is 35.5. The number of rotatable bonds is 5. The van der Waals surface area contributed by atoms with Gasteiger partial charge in [0.2, 0.25) is 5.89 Å². The summed E-state index contributed by atoms with van der Waals surface area (Å²) in [5.74, 6) is 0.794. The van der Waals surface area contributed by atoms with Crippen molar-refractivity contribution in [2.24, 2.45) is 0 Å². The summed E-state index contributed by atoms with van der Waals surface area (Å²) in [6.45, 7) is 1.66. The third-order valence-corrected chi connectivity index (χ3v) is 4.29. The summed E-state index contributed by atoms with van der Waals surface area (Å²) in [7, 11) is 0. The van der Waals surface area contributed by atoms with Gasteiger partial charge in [0, 0.05) is 17.6 Å². The monoisotopic (exact) mass is 312 g/mol. The molecule has 1 fully saturated rings. The molecule has 4 heteroatoms. The number of nitrogens with zero attached hydrogens (tertiary/aromatic N) is 2. The topological polar surface area (TPSA) is 29.3 Å². The molecule has 0 N–H and O–H groups in total. The van der Waals surface area contributed by atoms with E-state index in [9.17, 15) is 0 Å². The van der Waals surface area contributed by atoms with E-state index >= 15 is 0 Å². The summed E-state index contributed by atoms with van der Waals surface area (Å²) in [5, 5.41) is 0.778. The fraction of sp³-hybridized carbons (Fsp3) is 0.278. The first-order valence-corrected chi connectivity index (χ1v) is 7.99. The smallest absolute Gasteiger partial charge is 0.209 e. The van der Waals surface area contributed by atoms with Crippen molar-refractivity contribution in [2.45, 2.75) is 32.0 Å². The Morgan fingerprint density at radius 2 is 1.82 bits per heavy atom. The molecule has 112 valence electrons. The SMILES string of the molecule is Clc1ccc(CN(Cc2nc3ccccc3o2)C2CC2)cc1. The molecule has 0 spiro atoms. The van der Waals surface area contributed by atoms with Gasteiger partial charge in [0.1, 0.15) is 5.52 Å². The third-order valence-electron chi connectivity index (χ3n) is 4.04. The zero-order valence-electron chi connectivity index (χ0n) is 12.2. The van der Waals surface area contributed by atoms with E-state index in [0.717, 1.165) is 35.1 Å². The molecule has 4 rings (SSSR count). The van der Waals surface area contributed by atoms with E-state index in [1.54, 1.807) is 0 Å². The van der Waals surface area contributed by atoms with Crippen molar-refractivity contribution in [3.8, 4) is 0 Å². The molecule has 0 amide bonds. The summed E-state index contributed by atoms with van der Waals surface area (Å²) in [6.07, 6.45) is 2.52. The van der Waals surface area contributed by atoms with Crippen molar-refractivity contribution < 1.29 is 4.42 Å². The van der Waals surface area contributed by atoms with Crippen LogP contribution >= 0.6 is 11.6 Å². The third kappa shape index (κ3) is 3.01. The van der Waals surface area contributed by atoms with Crippen LogP contribution in [0.25, 0.3) is 11.1 Å². The Balaban J connectivity index is 1.53. The largest absolute Gasteiger partial charge is 0.439 e. The average Bonchev–Trinajstić information content (AvgIpc) is 3.29. The van der Waals surface area contributed by atoms with E-state index < -0.39 is 0 Å². The van der Waals surface area contributed by atoms with Crippen LogP contribution in [0.2, 0.25) is 5.02 Å². The number of hydrogen-bond donors (Lipinski definition) is 0. The first-order valence-electron chi connectivity index (χ1n) is 7.61. The van der Waals surface area contributed by atoms with Gasteiger partial charge >= 0.3 is 0 Å². The fourth-order valence-corrected chi connectivity index (χ4v) is 2.87. The van der Waals surface area contributed by atoms with E-state index in [1.807, 2.05) is 36.4 Å². The molecule has 0 bridgehead atoms. The van der Waals surface area contributed by atoms with Crippen LogP contribution in [0, 0.1) is 0 Å². The lowest BCUT2D eigenvalue weighted by Crippen LogP contribution is -2.25. The number of halogens is 1. The predicted molar refractivity (Wildman–Crippen MR) is 87.7 cm³/mol. The average molecular weight is 313 g/mol. The molecule has 1 saturated carbocycles. The molecular formula is C18H17ClN2O. The molecule has 2 aromatic carbocycles. The minimum absolute atomic E-state index is 0.644. The molecule has 0 atom stereocenters. The van der Waals surface area contributed by atoms with Crippen molar-refractivity contribution >= 4 is 22.7 Å². The molecular weight excluding hydrogens is 296 g/mol. The number of benzene rings is 2. The first kappa shape index (κ1) is 13.8. The van der Waals surface area contributed by atoms with Gasteiger partial charge in [0.05, 0.1) is 6.54 Å². The Kier molecular flexibility index (Phi) is 3.60. The van der Waals surface area contributed by atoms with Crippen molar-refractivity contribution in [2.75, 3.05) is 0 Å². The fourth-order valence-electron chi connectivity index (χ4n) is 2.74. The zero-order valence-corrected chi connectivity index (χ0v) is 13.0. The number of aromatic nitrogens is 1. The lowest BCUT2D eigenvalue weighted by atomic mass is 10.2. The van der Waals surface area contributed by atoms with Crippen molar-refractivity contribution in [3.63, 3.8) is 0 Å². The maximum absolute atomic E-state index is 5.96. The molecule has 3 aromatic rings. The lowest BCUT2D eigenvalue weighted by molar-refractivity contribution is 0.223. The number of fused-ring (bicyclic) bond motifs is 1. The highest BCUT2D eigenvalue weighted by molar-refractivity contribution is 6.30. The van der Waals surface area contributed by atoms with Crippen LogP contribution in [0.15, 0.2) is 52.9 Å². The number of oxazole rings is 1. The first-order chi connectivity index (χ1) is 10.8. The normalized spacial score (nSPS) is 14.8. The quantitative estimate of drug-likeness (QED) is 0.687. The molecule has 3 nitrogen and oxygen atoms in total. The van der Waals surface area contributed by atoms with Gasteiger partial charge in [0.25, 0.3) is 0 Å². The molecule has 0 aliphatic heterocycles. The van der Waals surface area contributed by atoms with Crippen LogP contribution in [0.1, 0.15) is 24.3 Å². The molecule has 1 aliphatic rings. The summed E-state index contributed by atoms with van der Waals surface area (Å²) < 4.78 is 5.86. The van der Waals surface area contributed by atoms with E-state index in [1.165, 1.54) is 18.4 Å². The second kappa shape index (κ2) is 5.75.